The molecule has 0 amide bonds. The quantitative estimate of drug-likeness (QED) is 0.589. The molecule has 0 radical (unpaired) electrons. The smallest absolute Gasteiger partial charge is 0.0221 e. The number of nitrogens with one attached hydrogen (secondary N) is 1. The SMILES string of the molecule is C1CCN2CCNC[C@@H]2C1.Cl. The van der Waals surface area contributed by atoms with E-state index >= 15 is 0 Å². The van der Waals surface area contributed by atoms with E-state index in [9.17, 15) is 0 Å². The number of fused-ring (bicyclic) bond motifs is 1. The monoisotopic (exact) mass is 176 g/mol. The molecule has 2 nitrogen and oxygen atoms in total. The van der Waals surface area contributed by atoms with Crippen molar-refractivity contribution in [2.45, 2.75) is 25.3 Å². The first kappa shape index (κ1) is 9.30. The van der Waals surface area contributed by atoms with Crippen LogP contribution in [0.5, 0.6) is 0 Å². The Morgan fingerprint density at radius 3 is 2.91 bits per heavy atom. The number of piperidine rings is 1. The Bertz CT molecular complexity index is 92.7. The second-order valence-electron chi connectivity index (χ2n) is 3.39. The van der Waals surface area contributed by atoms with E-state index in [1.807, 2.05) is 0 Å². The minimum Gasteiger partial charge on any atom is -0.314 e. The lowest BCUT2D eigenvalue weighted by Gasteiger charge is -2.39. The predicted octanol–water partition coefficient (Wildman–Crippen LogP) is 0.866. The summed E-state index contributed by atoms with van der Waals surface area (Å²) >= 11 is 0. The Balaban J connectivity index is 0.000000605. The zero-order valence-corrected chi connectivity index (χ0v) is 7.70. The average Bonchev–Trinajstić information content (AvgIpc) is 2.05. The number of rotatable bonds is 0. The van der Waals surface area contributed by atoms with Gasteiger partial charge >= 0.3 is 0 Å². The fourth-order valence-corrected chi connectivity index (χ4v) is 2.08. The maximum atomic E-state index is 3.44. The molecule has 2 saturated heterocycles. The largest absolute Gasteiger partial charge is 0.314 e. The first-order valence-electron chi connectivity index (χ1n) is 4.41. The molecular weight excluding hydrogens is 160 g/mol. The molecule has 2 heterocycles. The molecule has 0 aliphatic carbocycles. The zero-order valence-electron chi connectivity index (χ0n) is 6.88. The second-order valence-corrected chi connectivity index (χ2v) is 3.39. The minimum atomic E-state index is 0. The van der Waals surface area contributed by atoms with Gasteiger partial charge in [0.05, 0.1) is 0 Å². The molecule has 66 valence electrons. The molecule has 0 spiro atoms. The summed E-state index contributed by atoms with van der Waals surface area (Å²) in [5, 5.41) is 3.44. The lowest BCUT2D eigenvalue weighted by Crippen LogP contribution is -2.53. The molecule has 3 heteroatoms. The maximum absolute atomic E-state index is 3.44. The van der Waals surface area contributed by atoms with Crippen LogP contribution in [0.3, 0.4) is 0 Å². The highest BCUT2D eigenvalue weighted by Crippen LogP contribution is 2.17. The molecule has 0 saturated carbocycles. The zero-order chi connectivity index (χ0) is 6.81. The van der Waals surface area contributed by atoms with Gasteiger partial charge in [0.25, 0.3) is 0 Å². The lowest BCUT2D eigenvalue weighted by atomic mass is 10.0. The summed E-state index contributed by atoms with van der Waals surface area (Å²) in [4.78, 5) is 2.64. The van der Waals surface area contributed by atoms with Crippen molar-refractivity contribution in [3.63, 3.8) is 0 Å². The molecular formula is C8H17ClN2. The number of nitrogens with zero attached hydrogens (tertiary/aromatic N) is 1. The highest BCUT2D eigenvalue weighted by atomic mass is 35.5. The van der Waals surface area contributed by atoms with E-state index in [1.54, 1.807) is 0 Å². The summed E-state index contributed by atoms with van der Waals surface area (Å²) in [6.07, 6.45) is 4.30. The van der Waals surface area contributed by atoms with Gasteiger partial charge in [-0.15, -0.1) is 12.4 Å². The van der Waals surface area contributed by atoms with Gasteiger partial charge in [0.1, 0.15) is 0 Å². The van der Waals surface area contributed by atoms with Crippen LogP contribution in [0.25, 0.3) is 0 Å². The van der Waals surface area contributed by atoms with Crippen molar-refractivity contribution in [1.82, 2.24) is 10.2 Å². The molecule has 2 fully saturated rings. The van der Waals surface area contributed by atoms with Crippen molar-refractivity contribution in [2.24, 2.45) is 0 Å². The topological polar surface area (TPSA) is 15.3 Å². The number of hydrogen-bond donors (Lipinski definition) is 1. The molecule has 2 rings (SSSR count). The van der Waals surface area contributed by atoms with Crippen LogP contribution in [0.4, 0.5) is 0 Å². The lowest BCUT2D eigenvalue weighted by molar-refractivity contribution is 0.121. The van der Waals surface area contributed by atoms with Crippen LogP contribution < -0.4 is 5.32 Å². The van der Waals surface area contributed by atoms with Crippen molar-refractivity contribution in [3.8, 4) is 0 Å². The van der Waals surface area contributed by atoms with Gasteiger partial charge in [0.15, 0.2) is 0 Å². The summed E-state index contributed by atoms with van der Waals surface area (Å²) < 4.78 is 0. The normalized spacial score (nSPS) is 32.2. The number of hydrogen-bond acceptors (Lipinski definition) is 2. The third-order valence-corrected chi connectivity index (χ3v) is 2.70. The summed E-state index contributed by atoms with van der Waals surface area (Å²) in [6.45, 7) is 5.08. The van der Waals surface area contributed by atoms with E-state index in [4.69, 9.17) is 0 Å². The summed E-state index contributed by atoms with van der Waals surface area (Å²) in [7, 11) is 0. The summed E-state index contributed by atoms with van der Waals surface area (Å²) in [5.74, 6) is 0. The van der Waals surface area contributed by atoms with Gasteiger partial charge in [-0.1, -0.05) is 6.42 Å². The first-order valence-corrected chi connectivity index (χ1v) is 4.41. The van der Waals surface area contributed by atoms with Gasteiger partial charge < -0.3 is 5.32 Å². The summed E-state index contributed by atoms with van der Waals surface area (Å²) in [6, 6.07) is 0.877. The highest BCUT2D eigenvalue weighted by molar-refractivity contribution is 5.85. The Kier molecular flexibility index (Phi) is 3.63. The van der Waals surface area contributed by atoms with Gasteiger partial charge in [0.2, 0.25) is 0 Å². The Morgan fingerprint density at radius 2 is 2.09 bits per heavy atom. The molecule has 0 aromatic heterocycles. The fourth-order valence-electron chi connectivity index (χ4n) is 2.08. The van der Waals surface area contributed by atoms with E-state index in [2.05, 4.69) is 10.2 Å². The Hall–Kier alpha value is 0.210. The van der Waals surface area contributed by atoms with Gasteiger partial charge in [-0.3, -0.25) is 4.90 Å². The van der Waals surface area contributed by atoms with Gasteiger partial charge in [0, 0.05) is 25.7 Å². The van der Waals surface area contributed by atoms with Crippen molar-refractivity contribution in [2.75, 3.05) is 26.2 Å². The van der Waals surface area contributed by atoms with Gasteiger partial charge in [-0.05, 0) is 19.4 Å². The van der Waals surface area contributed by atoms with E-state index in [0.717, 1.165) is 6.04 Å². The molecule has 2 aliphatic rings. The first-order chi connectivity index (χ1) is 4.97. The molecule has 0 aromatic carbocycles. The molecule has 1 atom stereocenters. The number of piperazine rings is 1. The van der Waals surface area contributed by atoms with Gasteiger partial charge in [-0.2, -0.15) is 0 Å². The van der Waals surface area contributed by atoms with Crippen molar-refractivity contribution in [1.29, 1.82) is 0 Å². The van der Waals surface area contributed by atoms with E-state index in [-0.39, 0.29) is 12.4 Å². The van der Waals surface area contributed by atoms with Crippen LogP contribution in [-0.2, 0) is 0 Å². The van der Waals surface area contributed by atoms with Crippen LogP contribution >= 0.6 is 12.4 Å². The molecule has 1 N–H and O–H groups in total. The molecule has 0 bridgehead atoms. The predicted molar refractivity (Wildman–Crippen MR) is 49.3 cm³/mol. The standard InChI is InChI=1S/C8H16N2.ClH/c1-2-5-10-6-4-9-7-8(10)3-1;/h8-9H,1-7H2;1H/t8-;/m0./s1. The molecule has 2 aliphatic heterocycles. The van der Waals surface area contributed by atoms with Crippen LogP contribution in [0.1, 0.15) is 19.3 Å². The third-order valence-electron chi connectivity index (χ3n) is 2.70. The minimum absolute atomic E-state index is 0. The van der Waals surface area contributed by atoms with Crippen molar-refractivity contribution in [3.05, 3.63) is 0 Å². The second kappa shape index (κ2) is 4.29. The van der Waals surface area contributed by atoms with Crippen molar-refractivity contribution < 1.29 is 0 Å². The summed E-state index contributed by atoms with van der Waals surface area (Å²) in [5.41, 5.74) is 0. The van der Waals surface area contributed by atoms with Crippen LogP contribution in [-0.4, -0.2) is 37.1 Å². The van der Waals surface area contributed by atoms with E-state index < -0.39 is 0 Å². The van der Waals surface area contributed by atoms with E-state index in [0.29, 0.717) is 0 Å². The molecule has 0 unspecified atom stereocenters. The van der Waals surface area contributed by atoms with Crippen LogP contribution in [0.2, 0.25) is 0 Å². The highest BCUT2D eigenvalue weighted by Gasteiger charge is 2.23. The van der Waals surface area contributed by atoms with Crippen molar-refractivity contribution >= 4 is 12.4 Å². The van der Waals surface area contributed by atoms with Crippen LogP contribution in [0.15, 0.2) is 0 Å². The van der Waals surface area contributed by atoms with Crippen LogP contribution in [0, 0.1) is 0 Å². The Morgan fingerprint density at radius 1 is 1.18 bits per heavy atom. The average molecular weight is 177 g/mol. The fraction of sp³-hybridized carbons (Fsp3) is 1.00. The Labute approximate surface area is 74.7 Å². The number of halogens is 1. The molecule has 11 heavy (non-hydrogen) atoms. The molecule has 0 aromatic rings. The third kappa shape index (κ3) is 2.08. The van der Waals surface area contributed by atoms with Gasteiger partial charge in [-0.25, -0.2) is 0 Å². The van der Waals surface area contributed by atoms with E-state index in [1.165, 1.54) is 45.4 Å². The maximum Gasteiger partial charge on any atom is 0.0221 e.